The number of rotatable bonds is 2. The van der Waals surface area contributed by atoms with E-state index >= 15 is 4.39 Å². The summed E-state index contributed by atoms with van der Waals surface area (Å²) in [6.07, 6.45) is 0.624. The summed E-state index contributed by atoms with van der Waals surface area (Å²) < 4.78 is 31.3. The number of thioether (sulfide) groups is 1. The van der Waals surface area contributed by atoms with E-state index in [1.54, 1.807) is 6.92 Å². The van der Waals surface area contributed by atoms with Crippen molar-refractivity contribution in [3.63, 3.8) is 0 Å². The number of nitrogens with zero attached hydrogens (tertiary/aromatic N) is 2. The molecule has 2 aromatic rings. The van der Waals surface area contributed by atoms with E-state index in [-0.39, 0.29) is 33.0 Å². The molecule has 2 atom stereocenters. The normalized spacial score (nSPS) is 22.2. The van der Waals surface area contributed by atoms with Gasteiger partial charge in [0.15, 0.2) is 5.82 Å². The van der Waals surface area contributed by atoms with Gasteiger partial charge in [0, 0.05) is 19.1 Å². The van der Waals surface area contributed by atoms with Gasteiger partial charge in [-0.3, -0.25) is 4.79 Å². The molecule has 1 aromatic carbocycles. The van der Waals surface area contributed by atoms with Crippen LogP contribution in [0.15, 0.2) is 15.9 Å². The second-order valence-electron chi connectivity index (χ2n) is 6.31. The average molecular weight is 367 g/mol. The summed E-state index contributed by atoms with van der Waals surface area (Å²) in [7, 11) is 0. The smallest absolute Gasteiger partial charge is 0.342 e. The first-order valence-corrected chi connectivity index (χ1v) is 8.70. The van der Waals surface area contributed by atoms with Gasteiger partial charge in [-0.15, -0.1) is 0 Å². The highest BCUT2D eigenvalue weighted by molar-refractivity contribution is 8.00. The Morgan fingerprint density at radius 2 is 2.16 bits per heavy atom. The highest BCUT2D eigenvalue weighted by Gasteiger charge is 2.36. The third kappa shape index (κ3) is 2.18. The fourth-order valence-electron chi connectivity index (χ4n) is 3.56. The number of aromatic carboxylic acids is 1. The lowest BCUT2D eigenvalue weighted by atomic mass is 10.1. The molecule has 1 fully saturated rings. The summed E-state index contributed by atoms with van der Waals surface area (Å²) in [5.74, 6) is -3.12. The van der Waals surface area contributed by atoms with Crippen molar-refractivity contribution in [2.45, 2.75) is 29.8 Å². The standard InChI is InChI=1S/C16H15F2N3O3S/c1-6-21-12-8(14(22)10(16(23)24)15(21)25-6)4-9(17)13(11(12)18)20-3-2-7(19)5-20/h4,6-7H,2-3,5,19H2,1H3,(H,23,24)/t6?,7-/m0/s1. The maximum absolute atomic E-state index is 15.2. The molecule has 25 heavy (non-hydrogen) atoms. The first kappa shape index (κ1) is 16.3. The number of carboxylic acid groups (broad SMARTS) is 1. The van der Waals surface area contributed by atoms with Gasteiger partial charge in [0.05, 0.1) is 21.3 Å². The number of halogens is 2. The lowest BCUT2D eigenvalue weighted by molar-refractivity contribution is 0.0689. The van der Waals surface area contributed by atoms with Crippen molar-refractivity contribution in [1.82, 2.24) is 4.57 Å². The van der Waals surface area contributed by atoms with Gasteiger partial charge >= 0.3 is 5.97 Å². The fourth-order valence-corrected chi connectivity index (χ4v) is 4.70. The van der Waals surface area contributed by atoms with Crippen molar-refractivity contribution < 1.29 is 18.7 Å². The Kier molecular flexibility index (Phi) is 3.55. The molecule has 0 bridgehead atoms. The third-order valence-electron chi connectivity index (χ3n) is 4.71. The highest BCUT2D eigenvalue weighted by Crippen LogP contribution is 2.47. The van der Waals surface area contributed by atoms with E-state index in [4.69, 9.17) is 5.73 Å². The van der Waals surface area contributed by atoms with Crippen LogP contribution in [0.5, 0.6) is 0 Å². The lowest BCUT2D eigenvalue weighted by Crippen LogP contribution is -2.31. The molecule has 2 aliphatic heterocycles. The zero-order valence-electron chi connectivity index (χ0n) is 13.3. The fraction of sp³-hybridized carbons (Fsp3) is 0.375. The highest BCUT2D eigenvalue weighted by atomic mass is 32.2. The molecular formula is C16H15F2N3O3S. The molecule has 132 valence electrons. The van der Waals surface area contributed by atoms with Crippen molar-refractivity contribution in [1.29, 1.82) is 0 Å². The number of nitrogens with two attached hydrogens (primary N) is 1. The number of anilines is 1. The number of pyridine rings is 1. The first-order chi connectivity index (χ1) is 11.8. The summed E-state index contributed by atoms with van der Waals surface area (Å²) in [6.45, 7) is 2.52. The van der Waals surface area contributed by atoms with Gasteiger partial charge < -0.3 is 20.3 Å². The van der Waals surface area contributed by atoms with Crippen molar-refractivity contribution in [3.05, 3.63) is 33.5 Å². The lowest BCUT2D eigenvalue weighted by Gasteiger charge is -2.33. The topological polar surface area (TPSA) is 88.6 Å². The maximum atomic E-state index is 15.2. The van der Waals surface area contributed by atoms with E-state index in [9.17, 15) is 19.1 Å². The van der Waals surface area contributed by atoms with Crippen LogP contribution >= 0.6 is 11.8 Å². The zero-order chi connectivity index (χ0) is 18.0. The van der Waals surface area contributed by atoms with Crippen LogP contribution in [0.4, 0.5) is 14.5 Å². The number of hydrogen-bond acceptors (Lipinski definition) is 5. The summed E-state index contributed by atoms with van der Waals surface area (Å²) >= 11 is 1.18. The number of benzene rings is 1. The van der Waals surface area contributed by atoms with Gasteiger partial charge in [-0.1, -0.05) is 11.8 Å². The minimum absolute atomic E-state index is 0.0480. The molecular weight excluding hydrogens is 352 g/mol. The van der Waals surface area contributed by atoms with Crippen LogP contribution in [0.1, 0.15) is 29.1 Å². The number of hydrogen-bond donors (Lipinski definition) is 2. The van der Waals surface area contributed by atoms with Crippen LogP contribution in [-0.2, 0) is 0 Å². The van der Waals surface area contributed by atoms with E-state index in [0.29, 0.717) is 19.5 Å². The van der Waals surface area contributed by atoms with Crippen LogP contribution in [0.25, 0.3) is 10.9 Å². The van der Waals surface area contributed by atoms with Crippen LogP contribution < -0.4 is 16.1 Å². The van der Waals surface area contributed by atoms with E-state index in [0.717, 1.165) is 6.07 Å². The number of fused-ring (bicyclic) bond motifs is 3. The molecule has 0 aliphatic carbocycles. The molecule has 1 saturated heterocycles. The SMILES string of the molecule is CC1Sc2c(C(=O)O)c(=O)c3cc(F)c(N4CC[C@H](N)C4)c(F)c3n21. The summed E-state index contributed by atoms with van der Waals surface area (Å²) in [5.41, 5.74) is 4.27. The minimum Gasteiger partial charge on any atom is -0.477 e. The molecule has 3 heterocycles. The van der Waals surface area contributed by atoms with Gasteiger partial charge in [0.2, 0.25) is 5.43 Å². The second-order valence-corrected chi connectivity index (χ2v) is 7.62. The van der Waals surface area contributed by atoms with Crippen LogP contribution in [-0.4, -0.2) is 34.8 Å². The molecule has 4 rings (SSSR count). The molecule has 0 radical (unpaired) electrons. The predicted octanol–water partition coefficient (Wildman–Crippen LogP) is 2.14. The molecule has 0 amide bonds. The predicted molar refractivity (Wildman–Crippen MR) is 90.5 cm³/mol. The Labute approximate surface area is 145 Å². The van der Waals surface area contributed by atoms with Crippen LogP contribution in [0, 0.1) is 11.6 Å². The first-order valence-electron chi connectivity index (χ1n) is 7.82. The second kappa shape index (κ2) is 5.43. The van der Waals surface area contributed by atoms with Crippen molar-refractivity contribution in [2.75, 3.05) is 18.0 Å². The Balaban J connectivity index is 2.07. The van der Waals surface area contributed by atoms with Crippen molar-refractivity contribution >= 4 is 34.3 Å². The van der Waals surface area contributed by atoms with E-state index in [1.807, 2.05) is 0 Å². The molecule has 0 saturated carbocycles. The van der Waals surface area contributed by atoms with Gasteiger partial charge in [-0.05, 0) is 19.4 Å². The van der Waals surface area contributed by atoms with Crippen LogP contribution in [0.2, 0.25) is 0 Å². The van der Waals surface area contributed by atoms with Gasteiger partial charge in [0.25, 0.3) is 0 Å². The Morgan fingerprint density at radius 1 is 1.44 bits per heavy atom. The van der Waals surface area contributed by atoms with E-state index in [1.165, 1.54) is 21.2 Å². The Morgan fingerprint density at radius 3 is 2.72 bits per heavy atom. The molecule has 2 aliphatic rings. The number of carbonyl (C=O) groups is 1. The minimum atomic E-state index is -1.40. The molecule has 9 heteroatoms. The molecule has 1 aromatic heterocycles. The van der Waals surface area contributed by atoms with E-state index in [2.05, 4.69) is 0 Å². The average Bonchev–Trinajstić information content (AvgIpc) is 2.94. The molecule has 0 spiro atoms. The Bertz CT molecular complexity index is 991. The van der Waals surface area contributed by atoms with Crippen molar-refractivity contribution in [3.8, 4) is 0 Å². The van der Waals surface area contributed by atoms with Gasteiger partial charge in [0.1, 0.15) is 17.1 Å². The molecule has 6 nitrogen and oxygen atoms in total. The zero-order valence-corrected chi connectivity index (χ0v) is 14.1. The third-order valence-corrected chi connectivity index (χ3v) is 5.89. The molecule has 1 unspecified atom stereocenters. The van der Waals surface area contributed by atoms with E-state index < -0.39 is 28.6 Å². The van der Waals surface area contributed by atoms with Gasteiger partial charge in [-0.25, -0.2) is 13.6 Å². The monoisotopic (exact) mass is 367 g/mol. The quantitative estimate of drug-likeness (QED) is 0.846. The summed E-state index contributed by atoms with van der Waals surface area (Å²) in [6, 6.07) is 0.777. The largest absolute Gasteiger partial charge is 0.477 e. The number of aromatic nitrogens is 1. The maximum Gasteiger partial charge on any atom is 0.342 e. The number of carboxylic acids is 1. The molecule has 3 N–H and O–H groups in total. The summed E-state index contributed by atoms with van der Waals surface area (Å²) in [5, 5.41) is 9.01. The van der Waals surface area contributed by atoms with Gasteiger partial charge in [-0.2, -0.15) is 0 Å². The Hall–Kier alpha value is -2.13. The van der Waals surface area contributed by atoms with Crippen molar-refractivity contribution in [2.24, 2.45) is 5.73 Å². The van der Waals surface area contributed by atoms with Crippen LogP contribution in [0.3, 0.4) is 0 Å². The summed E-state index contributed by atoms with van der Waals surface area (Å²) in [4.78, 5) is 25.5.